The van der Waals surface area contributed by atoms with Gasteiger partial charge in [0.05, 0.1) is 12.1 Å². The fourth-order valence-electron chi connectivity index (χ4n) is 5.89. The van der Waals surface area contributed by atoms with Crippen LogP contribution in [0.1, 0.15) is 75.6 Å². The summed E-state index contributed by atoms with van der Waals surface area (Å²) in [6, 6.07) is 22.0. The minimum Gasteiger partial charge on any atom is -0.444 e. The average molecular weight is 579 g/mol. The molecule has 4 aromatic rings. The fraction of sp³-hybridized carbons (Fsp3) is 0.371. The Balaban J connectivity index is 1.22. The number of rotatable bonds is 7. The second kappa shape index (κ2) is 11.7. The Labute approximate surface area is 252 Å². The number of alkyl carbamates (subject to hydrolysis) is 1. The topological polar surface area (TPSA) is 93.7 Å². The molecule has 3 aromatic carbocycles. The Bertz CT molecular complexity index is 1610. The molecule has 1 heterocycles. The molecule has 0 spiro atoms. The molecule has 0 bridgehead atoms. The van der Waals surface area contributed by atoms with Crippen LogP contribution in [0.15, 0.2) is 72.9 Å². The zero-order valence-corrected chi connectivity index (χ0v) is 25.2. The fourth-order valence-corrected chi connectivity index (χ4v) is 5.89. The van der Waals surface area contributed by atoms with E-state index in [1.807, 2.05) is 75.4 Å². The number of carbonyl (C=O) groups is 2. The van der Waals surface area contributed by atoms with Crippen LogP contribution in [0.5, 0.6) is 0 Å². The van der Waals surface area contributed by atoms with Crippen LogP contribution in [0.25, 0.3) is 22.0 Å². The Morgan fingerprint density at radius 3 is 2.30 bits per heavy atom. The first-order chi connectivity index (χ1) is 20.7. The molecule has 1 aromatic heterocycles. The summed E-state index contributed by atoms with van der Waals surface area (Å²) in [7, 11) is 0. The molecular weight excluding hydrogens is 540 g/mol. The Morgan fingerprint density at radius 1 is 1.00 bits per heavy atom. The molecule has 0 aliphatic heterocycles. The first-order valence-electron chi connectivity index (χ1n) is 15.0. The van der Waals surface area contributed by atoms with Crippen LogP contribution in [-0.2, 0) is 22.6 Å². The van der Waals surface area contributed by atoms with Gasteiger partial charge in [0.25, 0.3) is 0 Å². The highest BCUT2D eigenvalue weighted by molar-refractivity contribution is 5.80. The Hall–Kier alpha value is -4.46. The SMILES string of the molecule is CC(C1CCC1)N(Cc1ncc2ccc(CNC(=O)OC(C)(C)C)cc2n1)C(=O)OC1c2ccccc2-c2ccccc21. The zero-order chi connectivity index (χ0) is 30.1. The van der Waals surface area contributed by atoms with Gasteiger partial charge in [0.15, 0.2) is 6.10 Å². The van der Waals surface area contributed by atoms with Gasteiger partial charge >= 0.3 is 12.2 Å². The van der Waals surface area contributed by atoms with Crippen LogP contribution in [0, 0.1) is 5.92 Å². The third-order valence-corrected chi connectivity index (χ3v) is 8.40. The third-order valence-electron chi connectivity index (χ3n) is 8.40. The van der Waals surface area contributed by atoms with Crippen molar-refractivity contribution in [3.05, 3.63) is 95.4 Å². The second-order valence-corrected chi connectivity index (χ2v) is 12.5. The minimum absolute atomic E-state index is 0.0169. The van der Waals surface area contributed by atoms with E-state index in [2.05, 4.69) is 29.4 Å². The molecule has 222 valence electrons. The summed E-state index contributed by atoms with van der Waals surface area (Å²) in [4.78, 5) is 37.3. The summed E-state index contributed by atoms with van der Waals surface area (Å²) < 4.78 is 11.7. The normalized spacial score (nSPS) is 15.3. The van der Waals surface area contributed by atoms with Crippen molar-refractivity contribution in [2.24, 2.45) is 5.92 Å². The molecule has 43 heavy (non-hydrogen) atoms. The van der Waals surface area contributed by atoms with Gasteiger partial charge in [-0.2, -0.15) is 0 Å². The highest BCUT2D eigenvalue weighted by Gasteiger charge is 2.36. The molecule has 2 amide bonds. The van der Waals surface area contributed by atoms with Gasteiger partial charge in [-0.05, 0) is 69.2 Å². The molecule has 1 saturated carbocycles. The van der Waals surface area contributed by atoms with E-state index >= 15 is 0 Å². The van der Waals surface area contributed by atoms with Gasteiger partial charge in [-0.15, -0.1) is 0 Å². The Kier molecular flexibility index (Phi) is 7.77. The van der Waals surface area contributed by atoms with Crippen LogP contribution >= 0.6 is 0 Å². The van der Waals surface area contributed by atoms with Gasteiger partial charge in [0, 0.05) is 35.3 Å². The molecule has 2 aliphatic carbocycles. The van der Waals surface area contributed by atoms with Gasteiger partial charge in [-0.3, -0.25) is 4.90 Å². The summed E-state index contributed by atoms with van der Waals surface area (Å²) in [5.74, 6) is 0.960. The van der Waals surface area contributed by atoms with Gasteiger partial charge in [-0.25, -0.2) is 19.6 Å². The summed E-state index contributed by atoms with van der Waals surface area (Å²) in [6.07, 6.45) is 3.84. The molecular formula is C35H38N4O4. The first kappa shape index (κ1) is 28.6. The lowest BCUT2D eigenvalue weighted by Gasteiger charge is -2.38. The molecule has 2 aliphatic rings. The largest absolute Gasteiger partial charge is 0.444 e. The molecule has 1 atom stereocenters. The average Bonchev–Trinajstić information content (AvgIpc) is 3.26. The van der Waals surface area contributed by atoms with E-state index in [4.69, 9.17) is 14.5 Å². The van der Waals surface area contributed by atoms with Gasteiger partial charge in [-0.1, -0.05) is 67.1 Å². The van der Waals surface area contributed by atoms with Crippen LogP contribution in [0.3, 0.4) is 0 Å². The van der Waals surface area contributed by atoms with Crippen LogP contribution in [0.4, 0.5) is 9.59 Å². The van der Waals surface area contributed by atoms with E-state index < -0.39 is 17.8 Å². The van der Waals surface area contributed by atoms with Crippen molar-refractivity contribution in [2.45, 2.75) is 77.8 Å². The number of aromatic nitrogens is 2. The summed E-state index contributed by atoms with van der Waals surface area (Å²) in [6.45, 7) is 8.14. The van der Waals surface area contributed by atoms with E-state index in [-0.39, 0.29) is 18.7 Å². The van der Waals surface area contributed by atoms with Crippen molar-refractivity contribution in [1.82, 2.24) is 20.2 Å². The van der Waals surface area contributed by atoms with Crippen molar-refractivity contribution >= 4 is 23.1 Å². The van der Waals surface area contributed by atoms with E-state index in [1.165, 1.54) is 6.42 Å². The number of nitrogens with one attached hydrogen (secondary N) is 1. The van der Waals surface area contributed by atoms with Crippen molar-refractivity contribution in [3.8, 4) is 11.1 Å². The number of nitrogens with zero attached hydrogens (tertiary/aromatic N) is 3. The lowest BCUT2D eigenvalue weighted by Crippen LogP contribution is -2.45. The zero-order valence-electron chi connectivity index (χ0n) is 25.2. The number of amides is 2. The predicted molar refractivity (Wildman–Crippen MR) is 165 cm³/mol. The van der Waals surface area contributed by atoms with Crippen molar-refractivity contribution < 1.29 is 19.1 Å². The molecule has 1 unspecified atom stereocenters. The van der Waals surface area contributed by atoms with Crippen LogP contribution in [-0.4, -0.2) is 38.7 Å². The van der Waals surface area contributed by atoms with E-state index in [1.54, 1.807) is 11.1 Å². The summed E-state index contributed by atoms with van der Waals surface area (Å²) in [5, 5.41) is 3.68. The molecule has 0 saturated heterocycles. The number of carbonyl (C=O) groups excluding carboxylic acids is 2. The number of hydrogen-bond donors (Lipinski definition) is 1. The van der Waals surface area contributed by atoms with Crippen molar-refractivity contribution in [3.63, 3.8) is 0 Å². The maximum Gasteiger partial charge on any atom is 0.411 e. The molecule has 8 nitrogen and oxygen atoms in total. The second-order valence-electron chi connectivity index (χ2n) is 12.5. The lowest BCUT2D eigenvalue weighted by atomic mass is 9.80. The highest BCUT2D eigenvalue weighted by Crippen LogP contribution is 2.45. The number of benzene rings is 3. The number of ether oxygens (including phenoxy) is 2. The highest BCUT2D eigenvalue weighted by atomic mass is 16.6. The quantitative estimate of drug-likeness (QED) is 0.243. The minimum atomic E-state index is -0.566. The van der Waals surface area contributed by atoms with Gasteiger partial charge in [0.2, 0.25) is 0 Å². The van der Waals surface area contributed by atoms with Crippen molar-refractivity contribution in [2.75, 3.05) is 0 Å². The monoisotopic (exact) mass is 578 g/mol. The smallest absolute Gasteiger partial charge is 0.411 e. The Morgan fingerprint density at radius 2 is 1.67 bits per heavy atom. The van der Waals surface area contributed by atoms with Crippen molar-refractivity contribution in [1.29, 1.82) is 0 Å². The van der Waals surface area contributed by atoms with E-state index in [9.17, 15) is 9.59 Å². The maximum absolute atomic E-state index is 14.0. The standard InChI is InChI=1S/C35H38N4O4/c1-22(24-10-9-11-24)39(34(41)42-32-28-14-7-5-12-26(28)27-13-6-8-15-29(27)32)21-31-36-20-25-17-16-23(18-30(25)38-31)19-37-33(40)43-35(2,3)4/h5-8,12-18,20,22,24,32H,9-11,19,21H2,1-4H3,(H,37,40). The first-order valence-corrected chi connectivity index (χ1v) is 15.0. The summed E-state index contributed by atoms with van der Waals surface area (Å²) >= 11 is 0. The maximum atomic E-state index is 14.0. The number of fused-ring (bicyclic) bond motifs is 4. The molecule has 1 fully saturated rings. The molecule has 1 N–H and O–H groups in total. The van der Waals surface area contributed by atoms with Crippen LogP contribution in [0.2, 0.25) is 0 Å². The molecule has 8 heteroatoms. The van der Waals surface area contributed by atoms with E-state index in [0.29, 0.717) is 18.3 Å². The van der Waals surface area contributed by atoms with Gasteiger partial charge < -0.3 is 14.8 Å². The van der Waals surface area contributed by atoms with E-state index in [0.717, 1.165) is 51.6 Å². The lowest BCUT2D eigenvalue weighted by molar-refractivity contribution is 0.0416. The summed E-state index contributed by atoms with van der Waals surface area (Å²) in [5.41, 5.74) is 5.28. The van der Waals surface area contributed by atoms with Gasteiger partial charge in [0.1, 0.15) is 11.4 Å². The predicted octanol–water partition coefficient (Wildman–Crippen LogP) is 7.55. The molecule has 6 rings (SSSR count). The van der Waals surface area contributed by atoms with Crippen LogP contribution < -0.4 is 5.32 Å². The number of hydrogen-bond acceptors (Lipinski definition) is 6. The molecule has 0 radical (unpaired) electrons. The third kappa shape index (κ3) is 6.19.